The minimum Gasteiger partial charge on any atom is -0.355 e. The standard InChI is InChI=1S/C25H30N4OS2/c1-17(21-15-19-9-10-20(21)14-19)29-24(22-8-5-13-31-22)27-28-25(29)32-16-23(30)26-12-11-18-6-3-2-4-7-18/h2-8,13,17,19-21H,9-12,14-16H2,1H3,(H,26,30). The van der Waals surface area contributed by atoms with Gasteiger partial charge >= 0.3 is 0 Å². The molecule has 3 aromatic rings. The molecule has 2 aliphatic rings. The second-order valence-corrected chi connectivity index (χ2v) is 11.0. The van der Waals surface area contributed by atoms with Crippen LogP contribution >= 0.6 is 23.1 Å². The van der Waals surface area contributed by atoms with Crippen LogP contribution in [0, 0.1) is 17.8 Å². The second-order valence-electron chi connectivity index (χ2n) is 9.11. The lowest BCUT2D eigenvalue weighted by Crippen LogP contribution is -2.27. The number of fused-ring (bicyclic) bond motifs is 2. The van der Waals surface area contributed by atoms with Gasteiger partial charge in [-0.15, -0.1) is 21.5 Å². The number of thioether (sulfide) groups is 1. The van der Waals surface area contributed by atoms with Crippen LogP contribution < -0.4 is 5.32 Å². The first-order valence-electron chi connectivity index (χ1n) is 11.6. The van der Waals surface area contributed by atoms with E-state index in [9.17, 15) is 4.79 Å². The Balaban J connectivity index is 1.25. The normalized spacial score (nSPS) is 22.8. The van der Waals surface area contributed by atoms with E-state index in [2.05, 4.69) is 56.7 Å². The third kappa shape index (κ3) is 4.64. The number of rotatable bonds is 9. The summed E-state index contributed by atoms with van der Waals surface area (Å²) in [6.45, 7) is 2.98. The van der Waals surface area contributed by atoms with Crippen molar-refractivity contribution in [3.63, 3.8) is 0 Å². The fourth-order valence-electron chi connectivity index (χ4n) is 5.56. The topological polar surface area (TPSA) is 59.8 Å². The predicted octanol–water partition coefficient (Wildman–Crippen LogP) is 5.45. The molecular formula is C25H30N4OS2. The number of thiophene rings is 1. The maximum Gasteiger partial charge on any atom is 0.230 e. The summed E-state index contributed by atoms with van der Waals surface area (Å²) >= 11 is 3.21. The molecule has 1 N–H and O–H groups in total. The first kappa shape index (κ1) is 21.7. The van der Waals surface area contributed by atoms with E-state index in [1.165, 1.54) is 43.0 Å². The fourth-order valence-corrected chi connectivity index (χ4v) is 7.12. The summed E-state index contributed by atoms with van der Waals surface area (Å²) in [6, 6.07) is 14.8. The van der Waals surface area contributed by atoms with Crippen molar-refractivity contribution in [3.8, 4) is 10.7 Å². The molecule has 0 radical (unpaired) electrons. The number of nitrogens with one attached hydrogen (secondary N) is 1. The maximum atomic E-state index is 12.5. The zero-order valence-electron chi connectivity index (χ0n) is 18.4. The Morgan fingerprint density at radius 2 is 2.06 bits per heavy atom. The van der Waals surface area contributed by atoms with E-state index in [0.717, 1.165) is 34.1 Å². The number of nitrogens with zero attached hydrogens (tertiary/aromatic N) is 3. The molecule has 2 fully saturated rings. The van der Waals surface area contributed by atoms with E-state index in [1.807, 2.05) is 18.2 Å². The summed E-state index contributed by atoms with van der Waals surface area (Å²) in [4.78, 5) is 13.6. The number of benzene rings is 1. The molecular weight excluding hydrogens is 436 g/mol. The summed E-state index contributed by atoms with van der Waals surface area (Å²) in [5.74, 6) is 3.77. The van der Waals surface area contributed by atoms with Crippen LogP contribution in [0.2, 0.25) is 0 Å². The van der Waals surface area contributed by atoms with Crippen molar-refractivity contribution >= 4 is 29.0 Å². The highest BCUT2D eigenvalue weighted by atomic mass is 32.2. The van der Waals surface area contributed by atoms with Crippen molar-refractivity contribution in [2.24, 2.45) is 17.8 Å². The Morgan fingerprint density at radius 1 is 1.19 bits per heavy atom. The Hall–Kier alpha value is -2.12. The highest BCUT2D eigenvalue weighted by Crippen LogP contribution is 2.53. The molecule has 0 aliphatic heterocycles. The minimum atomic E-state index is 0.0470. The summed E-state index contributed by atoms with van der Waals surface area (Å²) in [5, 5.41) is 15.1. The molecule has 32 heavy (non-hydrogen) atoms. The van der Waals surface area contributed by atoms with Crippen LogP contribution in [0.25, 0.3) is 10.7 Å². The van der Waals surface area contributed by atoms with Crippen molar-refractivity contribution in [3.05, 3.63) is 53.4 Å². The van der Waals surface area contributed by atoms with Crippen LogP contribution in [0.3, 0.4) is 0 Å². The summed E-state index contributed by atoms with van der Waals surface area (Å²) in [7, 11) is 0. The van der Waals surface area contributed by atoms with Gasteiger partial charge in [-0.1, -0.05) is 54.6 Å². The maximum absolute atomic E-state index is 12.5. The van der Waals surface area contributed by atoms with Gasteiger partial charge in [0.2, 0.25) is 5.91 Å². The highest BCUT2D eigenvalue weighted by molar-refractivity contribution is 7.99. The van der Waals surface area contributed by atoms with Gasteiger partial charge in [0.05, 0.1) is 10.6 Å². The minimum absolute atomic E-state index is 0.0470. The molecule has 0 saturated heterocycles. The average molecular weight is 467 g/mol. The lowest BCUT2D eigenvalue weighted by atomic mass is 9.84. The SMILES string of the molecule is CC(C1CC2CCC1C2)n1c(SCC(=O)NCCc2ccccc2)nnc1-c1cccs1. The molecule has 2 heterocycles. The van der Waals surface area contributed by atoms with Gasteiger partial charge in [-0.25, -0.2) is 0 Å². The van der Waals surface area contributed by atoms with Gasteiger partial charge < -0.3 is 5.32 Å². The molecule has 1 amide bonds. The van der Waals surface area contributed by atoms with Gasteiger partial charge in [0.25, 0.3) is 0 Å². The third-order valence-electron chi connectivity index (χ3n) is 7.14. The van der Waals surface area contributed by atoms with Gasteiger partial charge in [0.15, 0.2) is 11.0 Å². The monoisotopic (exact) mass is 466 g/mol. The molecule has 5 nitrogen and oxygen atoms in total. The van der Waals surface area contributed by atoms with Gasteiger partial charge in [-0.3, -0.25) is 9.36 Å². The van der Waals surface area contributed by atoms with Crippen molar-refractivity contribution < 1.29 is 4.79 Å². The number of carbonyl (C=O) groups excluding carboxylic acids is 1. The van der Waals surface area contributed by atoms with Gasteiger partial charge in [0, 0.05) is 12.6 Å². The van der Waals surface area contributed by atoms with E-state index >= 15 is 0 Å². The summed E-state index contributed by atoms with van der Waals surface area (Å²) in [5.41, 5.74) is 1.24. The molecule has 168 valence electrons. The zero-order valence-corrected chi connectivity index (χ0v) is 20.1. The van der Waals surface area contributed by atoms with E-state index in [0.29, 0.717) is 24.3 Å². The molecule has 2 aliphatic carbocycles. The van der Waals surface area contributed by atoms with Crippen LogP contribution in [0.4, 0.5) is 0 Å². The zero-order chi connectivity index (χ0) is 21.9. The molecule has 4 unspecified atom stereocenters. The number of amides is 1. The lowest BCUT2D eigenvalue weighted by molar-refractivity contribution is -0.118. The summed E-state index contributed by atoms with van der Waals surface area (Å²) in [6.07, 6.45) is 6.31. The van der Waals surface area contributed by atoms with Crippen LogP contribution in [-0.2, 0) is 11.2 Å². The molecule has 2 bridgehead atoms. The molecule has 7 heteroatoms. The largest absolute Gasteiger partial charge is 0.355 e. The van der Waals surface area contributed by atoms with Crippen molar-refractivity contribution in [1.29, 1.82) is 0 Å². The quantitative estimate of drug-likeness (QED) is 0.426. The molecule has 2 aromatic heterocycles. The average Bonchev–Trinajstić information content (AvgIpc) is 3.62. The van der Waals surface area contributed by atoms with Gasteiger partial charge in [-0.2, -0.15) is 0 Å². The van der Waals surface area contributed by atoms with Crippen LogP contribution in [0.15, 0.2) is 53.0 Å². The van der Waals surface area contributed by atoms with E-state index in [4.69, 9.17) is 0 Å². The van der Waals surface area contributed by atoms with E-state index < -0.39 is 0 Å². The first-order chi connectivity index (χ1) is 15.7. The van der Waals surface area contributed by atoms with Crippen molar-refractivity contribution in [1.82, 2.24) is 20.1 Å². The van der Waals surface area contributed by atoms with Crippen LogP contribution in [-0.4, -0.2) is 33.0 Å². The number of carbonyl (C=O) groups is 1. The molecule has 0 spiro atoms. The summed E-state index contributed by atoms with van der Waals surface area (Å²) < 4.78 is 2.32. The van der Waals surface area contributed by atoms with Gasteiger partial charge in [-0.05, 0) is 67.4 Å². The lowest BCUT2D eigenvalue weighted by Gasteiger charge is -2.30. The van der Waals surface area contributed by atoms with Crippen LogP contribution in [0.5, 0.6) is 0 Å². The first-order valence-corrected chi connectivity index (χ1v) is 13.5. The fraction of sp³-hybridized carbons (Fsp3) is 0.480. The predicted molar refractivity (Wildman–Crippen MR) is 131 cm³/mol. The Morgan fingerprint density at radius 3 is 2.78 bits per heavy atom. The Labute approximate surface area is 198 Å². The van der Waals surface area contributed by atoms with Crippen LogP contribution in [0.1, 0.15) is 44.2 Å². The van der Waals surface area contributed by atoms with Crippen molar-refractivity contribution in [2.75, 3.05) is 12.3 Å². The van der Waals surface area contributed by atoms with Crippen molar-refractivity contribution in [2.45, 2.75) is 50.2 Å². The molecule has 2 saturated carbocycles. The number of hydrogen-bond acceptors (Lipinski definition) is 5. The molecule has 1 aromatic carbocycles. The molecule has 4 atom stereocenters. The highest BCUT2D eigenvalue weighted by Gasteiger charge is 2.43. The van der Waals surface area contributed by atoms with E-state index in [1.54, 1.807) is 11.3 Å². The number of aromatic nitrogens is 3. The Kier molecular flexibility index (Phi) is 6.64. The Bertz CT molecular complexity index is 1030. The molecule has 5 rings (SSSR count). The van der Waals surface area contributed by atoms with Gasteiger partial charge in [0.1, 0.15) is 0 Å². The second kappa shape index (κ2) is 9.79. The van der Waals surface area contributed by atoms with E-state index in [-0.39, 0.29) is 5.91 Å². The smallest absolute Gasteiger partial charge is 0.230 e. The number of hydrogen-bond donors (Lipinski definition) is 1. The third-order valence-corrected chi connectivity index (χ3v) is 8.95.